The third-order valence-electron chi connectivity index (χ3n) is 1.74. The number of hydrogen-bond acceptors (Lipinski definition) is 3. The van der Waals surface area contributed by atoms with Crippen molar-refractivity contribution in [2.75, 3.05) is 0 Å². The average Bonchev–Trinajstić information content (AvgIpc) is 2.27. The first-order valence-electron chi connectivity index (χ1n) is 4.25. The lowest BCUT2D eigenvalue weighted by molar-refractivity contribution is 0.867. The summed E-state index contributed by atoms with van der Waals surface area (Å²) in [7, 11) is 0. The summed E-state index contributed by atoms with van der Waals surface area (Å²) in [5.41, 5.74) is 0.965. The monoisotopic (exact) mass is 217 g/mol. The van der Waals surface area contributed by atoms with Gasteiger partial charge in [0.1, 0.15) is 17.7 Å². The molecule has 1 rings (SSSR count). The van der Waals surface area contributed by atoms with Crippen molar-refractivity contribution in [1.82, 2.24) is 5.32 Å². The molecule has 0 spiro atoms. The molecule has 0 unspecified atom stereocenters. The van der Waals surface area contributed by atoms with Gasteiger partial charge in [-0.05, 0) is 11.6 Å². The van der Waals surface area contributed by atoms with Gasteiger partial charge in [-0.15, -0.1) is 0 Å². The summed E-state index contributed by atoms with van der Waals surface area (Å²) in [5, 5.41) is 20.5. The summed E-state index contributed by atoms with van der Waals surface area (Å²) in [6.07, 6.45) is 1.38. The van der Waals surface area contributed by atoms with Crippen LogP contribution in [0, 0.1) is 22.7 Å². The Morgan fingerprint density at radius 3 is 2.60 bits per heavy atom. The van der Waals surface area contributed by atoms with Crippen LogP contribution in [0.1, 0.15) is 5.56 Å². The zero-order valence-electron chi connectivity index (χ0n) is 7.87. The van der Waals surface area contributed by atoms with Crippen LogP contribution in [-0.2, 0) is 6.54 Å². The van der Waals surface area contributed by atoms with Crippen LogP contribution in [0.15, 0.2) is 36.0 Å². The average molecular weight is 218 g/mol. The van der Waals surface area contributed by atoms with Crippen molar-refractivity contribution in [3.8, 4) is 12.1 Å². The Morgan fingerprint density at radius 2 is 2.00 bits per heavy atom. The van der Waals surface area contributed by atoms with Gasteiger partial charge in [0.05, 0.1) is 0 Å². The zero-order valence-corrected chi connectivity index (χ0v) is 8.62. The van der Waals surface area contributed by atoms with E-state index >= 15 is 0 Å². The number of nitrogens with zero attached hydrogens (tertiary/aromatic N) is 2. The van der Waals surface area contributed by atoms with Crippen molar-refractivity contribution >= 4 is 11.6 Å². The molecule has 0 aliphatic rings. The van der Waals surface area contributed by atoms with Crippen molar-refractivity contribution in [2.45, 2.75) is 6.54 Å². The first kappa shape index (κ1) is 11.1. The number of benzene rings is 1. The maximum Gasteiger partial charge on any atom is 0.145 e. The lowest BCUT2D eigenvalue weighted by atomic mass is 10.2. The van der Waals surface area contributed by atoms with E-state index in [0.29, 0.717) is 11.6 Å². The molecule has 0 atom stereocenters. The molecule has 1 N–H and O–H groups in total. The first-order valence-corrected chi connectivity index (χ1v) is 4.63. The van der Waals surface area contributed by atoms with Crippen LogP contribution < -0.4 is 5.32 Å². The molecule has 0 radical (unpaired) electrons. The molecular weight excluding hydrogens is 210 g/mol. The number of nitriles is 2. The fourth-order valence-electron chi connectivity index (χ4n) is 0.994. The number of rotatable bonds is 3. The second-order valence-corrected chi connectivity index (χ2v) is 3.16. The highest BCUT2D eigenvalue weighted by atomic mass is 35.5. The summed E-state index contributed by atoms with van der Waals surface area (Å²) in [6, 6.07) is 10.9. The van der Waals surface area contributed by atoms with Crippen LogP contribution in [0.4, 0.5) is 0 Å². The van der Waals surface area contributed by atoms with Crippen LogP contribution in [0.2, 0.25) is 5.02 Å². The van der Waals surface area contributed by atoms with E-state index in [1.807, 2.05) is 18.2 Å². The summed E-state index contributed by atoms with van der Waals surface area (Å²) in [5.74, 6) is 0. The van der Waals surface area contributed by atoms with Crippen molar-refractivity contribution in [1.29, 1.82) is 10.5 Å². The second-order valence-electron chi connectivity index (χ2n) is 2.75. The molecule has 1 aromatic carbocycles. The summed E-state index contributed by atoms with van der Waals surface area (Å²) < 4.78 is 0. The van der Waals surface area contributed by atoms with Gasteiger partial charge in [0.2, 0.25) is 0 Å². The fourth-order valence-corrected chi connectivity index (χ4v) is 1.20. The predicted molar refractivity (Wildman–Crippen MR) is 57.6 cm³/mol. The van der Waals surface area contributed by atoms with Gasteiger partial charge in [0.15, 0.2) is 0 Å². The predicted octanol–water partition coefficient (Wildman–Crippen LogP) is 2.36. The van der Waals surface area contributed by atoms with Gasteiger partial charge in [0, 0.05) is 17.8 Å². The molecule has 0 saturated carbocycles. The van der Waals surface area contributed by atoms with E-state index in [-0.39, 0.29) is 5.57 Å². The van der Waals surface area contributed by atoms with Crippen LogP contribution in [0.3, 0.4) is 0 Å². The van der Waals surface area contributed by atoms with Gasteiger partial charge in [0.25, 0.3) is 0 Å². The maximum atomic E-state index is 8.47. The molecule has 0 bridgehead atoms. The van der Waals surface area contributed by atoms with E-state index in [4.69, 9.17) is 22.1 Å². The van der Waals surface area contributed by atoms with Crippen molar-refractivity contribution in [3.63, 3.8) is 0 Å². The molecule has 0 amide bonds. The summed E-state index contributed by atoms with van der Waals surface area (Å²) in [4.78, 5) is 0. The Bertz CT molecular complexity index is 436. The second kappa shape index (κ2) is 5.70. The van der Waals surface area contributed by atoms with Gasteiger partial charge in [-0.1, -0.05) is 29.8 Å². The Hall–Kier alpha value is -1.97. The van der Waals surface area contributed by atoms with Crippen LogP contribution in [-0.4, -0.2) is 0 Å². The molecule has 15 heavy (non-hydrogen) atoms. The van der Waals surface area contributed by atoms with E-state index in [1.165, 1.54) is 6.20 Å². The molecule has 74 valence electrons. The Morgan fingerprint density at radius 1 is 1.33 bits per heavy atom. The first-order chi connectivity index (χ1) is 7.27. The molecule has 0 aliphatic carbocycles. The van der Waals surface area contributed by atoms with Crippen molar-refractivity contribution < 1.29 is 0 Å². The minimum atomic E-state index is 0.0436. The molecule has 0 fully saturated rings. The van der Waals surface area contributed by atoms with Crippen molar-refractivity contribution in [3.05, 3.63) is 46.6 Å². The molecular formula is C11H8ClN3. The Balaban J connectivity index is 2.60. The minimum Gasteiger partial charge on any atom is -0.385 e. The lowest BCUT2D eigenvalue weighted by Crippen LogP contribution is -2.05. The van der Waals surface area contributed by atoms with E-state index < -0.39 is 0 Å². The highest BCUT2D eigenvalue weighted by Crippen LogP contribution is 2.14. The van der Waals surface area contributed by atoms with Crippen LogP contribution in [0.5, 0.6) is 0 Å². The van der Waals surface area contributed by atoms with E-state index in [0.717, 1.165) is 5.56 Å². The Kier molecular flexibility index (Phi) is 4.22. The fraction of sp³-hybridized carbons (Fsp3) is 0.0909. The largest absolute Gasteiger partial charge is 0.385 e. The molecule has 0 saturated heterocycles. The standard InChI is InChI=1S/C11H8ClN3/c12-11-4-2-1-3-10(11)8-15-7-9(5-13)6-14/h1-4,7,15H,8H2. The van der Waals surface area contributed by atoms with Crippen molar-refractivity contribution in [2.24, 2.45) is 0 Å². The molecule has 4 heteroatoms. The van der Waals surface area contributed by atoms with Crippen LogP contribution >= 0.6 is 11.6 Å². The summed E-state index contributed by atoms with van der Waals surface area (Å²) in [6.45, 7) is 0.493. The SMILES string of the molecule is N#CC(C#N)=CNCc1ccccc1Cl. The minimum absolute atomic E-state index is 0.0436. The number of nitrogens with one attached hydrogen (secondary N) is 1. The third-order valence-corrected chi connectivity index (χ3v) is 2.11. The smallest absolute Gasteiger partial charge is 0.145 e. The topological polar surface area (TPSA) is 59.6 Å². The van der Waals surface area contributed by atoms with Gasteiger partial charge in [-0.3, -0.25) is 0 Å². The highest BCUT2D eigenvalue weighted by molar-refractivity contribution is 6.31. The zero-order chi connectivity index (χ0) is 11.1. The molecule has 1 aromatic rings. The third kappa shape index (κ3) is 3.34. The van der Waals surface area contributed by atoms with E-state index in [9.17, 15) is 0 Å². The molecule has 0 aromatic heterocycles. The molecule has 0 aliphatic heterocycles. The highest BCUT2D eigenvalue weighted by Gasteiger charge is 1.96. The number of hydrogen-bond donors (Lipinski definition) is 1. The van der Waals surface area contributed by atoms with Gasteiger partial charge >= 0.3 is 0 Å². The summed E-state index contributed by atoms with van der Waals surface area (Å²) >= 11 is 5.92. The quantitative estimate of drug-likeness (QED) is 0.791. The maximum absolute atomic E-state index is 8.47. The number of allylic oxidation sites excluding steroid dienone is 1. The Labute approximate surface area is 93.2 Å². The molecule has 0 heterocycles. The van der Waals surface area contributed by atoms with Gasteiger partial charge in [-0.2, -0.15) is 10.5 Å². The van der Waals surface area contributed by atoms with Gasteiger partial charge in [-0.25, -0.2) is 0 Å². The number of halogens is 1. The molecule has 3 nitrogen and oxygen atoms in total. The normalized spacial score (nSPS) is 8.47. The lowest BCUT2D eigenvalue weighted by Gasteiger charge is -2.02. The van der Waals surface area contributed by atoms with E-state index in [2.05, 4.69) is 5.32 Å². The van der Waals surface area contributed by atoms with Crippen LogP contribution in [0.25, 0.3) is 0 Å². The van der Waals surface area contributed by atoms with E-state index in [1.54, 1.807) is 18.2 Å². The van der Waals surface area contributed by atoms with Gasteiger partial charge < -0.3 is 5.32 Å².